The standard InChI is InChI=1S/C32H51BNO7PSi2/c1-30(2,3)44(25-16-11-9-12-17-25,26-18-13-10-14-19-26)24-32(23-35)28(41-42(36,38-6)39-21-15-20-34)27(29(33)40-32)22-31(4,5)43(7,8)37/h9-14,16-19,27-29,35,37H,15,21-24,33H2,1-8H3/t27?,28?,29-,32-,42?/m1/s1. The minimum atomic E-state index is -4.17. The van der Waals surface area contributed by atoms with Crippen LogP contribution in [0.2, 0.25) is 29.2 Å². The lowest BCUT2D eigenvalue weighted by molar-refractivity contribution is -0.0858. The van der Waals surface area contributed by atoms with E-state index in [4.69, 9.17) is 23.6 Å². The molecule has 44 heavy (non-hydrogen) atoms. The molecule has 0 saturated carbocycles. The Morgan fingerprint density at radius 2 is 1.57 bits per heavy atom. The van der Waals surface area contributed by atoms with Crippen LogP contribution in [0.3, 0.4) is 0 Å². The van der Waals surface area contributed by atoms with Gasteiger partial charge in [0.2, 0.25) is 0 Å². The molecule has 2 aromatic carbocycles. The third kappa shape index (κ3) is 7.51. The molecule has 0 spiro atoms. The molecule has 2 N–H and O–H groups in total. The summed E-state index contributed by atoms with van der Waals surface area (Å²) < 4.78 is 38.3. The highest BCUT2D eigenvalue weighted by atomic mass is 31.2. The second-order valence-corrected chi connectivity index (χ2v) is 25.3. The summed E-state index contributed by atoms with van der Waals surface area (Å²) in [5.74, 6) is -0.350. The van der Waals surface area contributed by atoms with Gasteiger partial charge in [-0.25, -0.2) is 4.57 Å². The summed E-state index contributed by atoms with van der Waals surface area (Å²) in [7, 11) is -6.47. The highest BCUT2D eigenvalue weighted by Gasteiger charge is 2.63. The van der Waals surface area contributed by atoms with Crippen LogP contribution >= 0.6 is 7.82 Å². The van der Waals surface area contributed by atoms with Gasteiger partial charge in [0.05, 0.1) is 25.7 Å². The number of rotatable bonds is 14. The van der Waals surface area contributed by atoms with E-state index < -0.39 is 47.0 Å². The number of nitriles is 1. The van der Waals surface area contributed by atoms with Crippen molar-refractivity contribution in [3.05, 3.63) is 60.7 Å². The van der Waals surface area contributed by atoms with Crippen molar-refractivity contribution in [2.24, 2.45) is 5.92 Å². The number of ether oxygens (including phenoxy) is 1. The fraction of sp³-hybridized carbons (Fsp3) is 0.594. The van der Waals surface area contributed by atoms with Crippen molar-refractivity contribution >= 4 is 42.4 Å². The summed E-state index contributed by atoms with van der Waals surface area (Å²) in [4.78, 5) is 11.3. The van der Waals surface area contributed by atoms with Gasteiger partial charge in [0.25, 0.3) is 0 Å². The number of aliphatic hydroxyl groups excluding tert-OH is 1. The molecule has 1 aliphatic heterocycles. The molecule has 1 heterocycles. The lowest BCUT2D eigenvalue weighted by Crippen LogP contribution is -2.69. The van der Waals surface area contributed by atoms with Crippen LogP contribution < -0.4 is 10.4 Å². The molecule has 0 aliphatic carbocycles. The van der Waals surface area contributed by atoms with E-state index in [0.717, 1.165) is 0 Å². The average Bonchev–Trinajstić information content (AvgIpc) is 3.20. The van der Waals surface area contributed by atoms with Gasteiger partial charge >= 0.3 is 7.82 Å². The Balaban J connectivity index is 2.29. The van der Waals surface area contributed by atoms with E-state index in [1.54, 1.807) is 0 Å². The summed E-state index contributed by atoms with van der Waals surface area (Å²) in [6, 6.07) is 22.9. The van der Waals surface area contributed by atoms with Crippen molar-refractivity contribution in [2.75, 3.05) is 20.3 Å². The van der Waals surface area contributed by atoms with Crippen molar-refractivity contribution in [1.29, 1.82) is 5.26 Å². The van der Waals surface area contributed by atoms with Gasteiger partial charge < -0.3 is 14.6 Å². The van der Waals surface area contributed by atoms with Gasteiger partial charge in [-0.3, -0.25) is 13.6 Å². The fourth-order valence-electron chi connectivity index (χ4n) is 6.64. The van der Waals surface area contributed by atoms with Crippen LogP contribution in [0.1, 0.15) is 47.5 Å². The van der Waals surface area contributed by atoms with Crippen LogP contribution in [0.25, 0.3) is 0 Å². The Labute approximate surface area is 267 Å². The Morgan fingerprint density at radius 3 is 1.98 bits per heavy atom. The normalized spacial score (nSPS) is 24.5. The number of aliphatic hydroxyl groups is 1. The van der Waals surface area contributed by atoms with Gasteiger partial charge in [0.1, 0.15) is 27.6 Å². The highest BCUT2D eigenvalue weighted by Crippen LogP contribution is 2.59. The third-order valence-electron chi connectivity index (χ3n) is 9.91. The molecule has 0 bridgehead atoms. The van der Waals surface area contributed by atoms with Crippen LogP contribution in [0.4, 0.5) is 0 Å². The van der Waals surface area contributed by atoms with Crippen molar-refractivity contribution in [2.45, 2.75) is 94.4 Å². The Kier molecular flexibility index (Phi) is 11.8. The summed E-state index contributed by atoms with van der Waals surface area (Å²) >= 11 is 0. The minimum absolute atomic E-state index is 0.0161. The molecule has 3 rings (SSSR count). The van der Waals surface area contributed by atoms with Crippen molar-refractivity contribution in [3.63, 3.8) is 0 Å². The minimum Gasteiger partial charge on any atom is -0.432 e. The van der Waals surface area contributed by atoms with Gasteiger partial charge in [0.15, 0.2) is 8.32 Å². The molecular formula is C32H51BNO7PSi2. The maximum atomic E-state index is 14.0. The van der Waals surface area contributed by atoms with E-state index in [1.807, 2.05) is 77.3 Å². The molecular weight excluding hydrogens is 608 g/mol. The molecule has 1 aliphatic rings. The highest BCUT2D eigenvalue weighted by molar-refractivity contribution is 7.48. The lowest BCUT2D eigenvalue weighted by Gasteiger charge is -2.49. The first kappa shape index (κ1) is 36.9. The summed E-state index contributed by atoms with van der Waals surface area (Å²) in [6.45, 7) is 14.1. The predicted octanol–water partition coefficient (Wildman–Crippen LogP) is 4.82. The van der Waals surface area contributed by atoms with Gasteiger partial charge in [-0.15, -0.1) is 0 Å². The van der Waals surface area contributed by atoms with Crippen molar-refractivity contribution in [1.82, 2.24) is 0 Å². The first-order chi connectivity index (χ1) is 20.4. The molecule has 0 radical (unpaired) electrons. The number of hydrogen-bond acceptors (Lipinski definition) is 8. The maximum absolute atomic E-state index is 14.0. The molecule has 8 nitrogen and oxygen atoms in total. The van der Waals surface area contributed by atoms with E-state index in [9.17, 15) is 14.5 Å². The smallest absolute Gasteiger partial charge is 0.432 e. The molecule has 1 saturated heterocycles. The number of phosphoric acid groups is 1. The quantitative estimate of drug-likeness (QED) is 0.168. The van der Waals surface area contributed by atoms with Gasteiger partial charge in [-0.2, -0.15) is 5.26 Å². The number of hydrogen-bond donors (Lipinski definition) is 2. The maximum Gasteiger partial charge on any atom is 0.474 e. The zero-order valence-corrected chi connectivity index (χ0v) is 30.8. The van der Waals surface area contributed by atoms with E-state index in [2.05, 4.69) is 45.0 Å². The molecule has 5 atom stereocenters. The van der Waals surface area contributed by atoms with Gasteiger partial charge in [-0.05, 0) is 35.6 Å². The molecule has 2 aromatic rings. The monoisotopic (exact) mass is 659 g/mol. The first-order valence-corrected chi connectivity index (χ1v) is 22.0. The van der Waals surface area contributed by atoms with E-state index >= 15 is 0 Å². The molecule has 0 aromatic heterocycles. The lowest BCUT2D eigenvalue weighted by atomic mass is 9.77. The largest absolute Gasteiger partial charge is 0.474 e. The van der Waals surface area contributed by atoms with Gasteiger partial charge in [0, 0.05) is 19.0 Å². The van der Waals surface area contributed by atoms with E-state index in [1.165, 1.54) is 17.5 Å². The summed E-state index contributed by atoms with van der Waals surface area (Å²) in [5.41, 5.74) is -1.28. The van der Waals surface area contributed by atoms with Crippen LogP contribution in [0.5, 0.6) is 0 Å². The van der Waals surface area contributed by atoms with Gasteiger partial charge in [-0.1, -0.05) is 106 Å². The zero-order valence-electron chi connectivity index (χ0n) is 27.9. The second kappa shape index (κ2) is 14.0. The predicted molar refractivity (Wildman–Crippen MR) is 183 cm³/mol. The van der Waals surface area contributed by atoms with Crippen LogP contribution in [-0.2, 0) is 22.9 Å². The Hall–Kier alpha value is -1.58. The number of benzene rings is 2. The number of phosphoric ester groups is 1. The molecule has 12 heteroatoms. The van der Waals surface area contributed by atoms with Crippen LogP contribution in [0.15, 0.2) is 60.7 Å². The summed E-state index contributed by atoms with van der Waals surface area (Å²) in [6.07, 6.45) is -0.367. The van der Waals surface area contributed by atoms with E-state index in [-0.39, 0.29) is 30.6 Å². The molecule has 0 amide bonds. The average molecular weight is 660 g/mol. The zero-order chi connectivity index (χ0) is 33.0. The SMILES string of the molecule is B[C@@H]1O[C@](CO)(C[Si](c2ccccc2)(c2ccccc2)C(C)(C)C)C(OP(=O)(OC)OCCC#N)C1CC(C)(C)[Si](C)(C)O. The molecule has 1 fully saturated rings. The van der Waals surface area contributed by atoms with Crippen molar-refractivity contribution < 1.29 is 32.8 Å². The second-order valence-electron chi connectivity index (χ2n) is 14.3. The first-order valence-electron chi connectivity index (χ1n) is 15.4. The molecule has 3 unspecified atom stereocenters. The summed E-state index contributed by atoms with van der Waals surface area (Å²) in [5, 5.41) is 22.2. The topological polar surface area (TPSA) is 118 Å². The van der Waals surface area contributed by atoms with Crippen LogP contribution in [-0.4, -0.2) is 72.2 Å². The molecule has 242 valence electrons. The third-order valence-corrected chi connectivity index (χ3v) is 21.2. The van der Waals surface area contributed by atoms with Crippen molar-refractivity contribution in [3.8, 4) is 6.07 Å². The van der Waals surface area contributed by atoms with E-state index in [0.29, 0.717) is 12.5 Å². The Morgan fingerprint density at radius 1 is 1.05 bits per heavy atom. The number of nitrogens with zero attached hydrogens (tertiary/aromatic N) is 1. The fourth-order valence-corrected chi connectivity index (χ4v) is 14.4. The Bertz CT molecular complexity index is 1270. The van der Waals surface area contributed by atoms with Crippen LogP contribution in [0, 0.1) is 17.2 Å².